The number of carbonyl (C=O) groups excluding carboxylic acids is 1. The smallest absolute Gasteiger partial charge is 0.335 e. The highest BCUT2D eigenvalue weighted by Gasteiger charge is 2.29. The summed E-state index contributed by atoms with van der Waals surface area (Å²) in [4.78, 5) is 23.9. The molecule has 2 heterocycles. The van der Waals surface area contributed by atoms with Crippen LogP contribution in [0.4, 0.5) is 10.1 Å². The summed E-state index contributed by atoms with van der Waals surface area (Å²) in [5.74, 6) is -0.855. The number of aromatic carboxylic acids is 1. The van der Waals surface area contributed by atoms with Gasteiger partial charge >= 0.3 is 5.97 Å². The Morgan fingerprint density at radius 2 is 1.90 bits per heavy atom. The highest BCUT2D eigenvalue weighted by Crippen LogP contribution is 2.28. The van der Waals surface area contributed by atoms with Gasteiger partial charge in [-0.3, -0.25) is 4.79 Å². The van der Waals surface area contributed by atoms with Gasteiger partial charge in [0.15, 0.2) is 0 Å². The number of amides is 1. The Hall–Kier alpha value is -4.00. The quantitative estimate of drug-likeness (QED) is 0.661. The minimum atomic E-state index is -1.02. The van der Waals surface area contributed by atoms with Crippen LogP contribution < -0.4 is 5.01 Å². The minimum Gasteiger partial charge on any atom is -0.478 e. The summed E-state index contributed by atoms with van der Waals surface area (Å²) in [6.45, 7) is 1.70. The lowest BCUT2D eigenvalue weighted by molar-refractivity contribution is -0.114. The summed E-state index contributed by atoms with van der Waals surface area (Å²) in [5, 5.41) is 14.6. The number of anilines is 1. The van der Waals surface area contributed by atoms with E-state index in [9.17, 15) is 14.0 Å². The number of rotatable bonds is 4. The molecule has 0 fully saturated rings. The zero-order chi connectivity index (χ0) is 20.5. The van der Waals surface area contributed by atoms with Crippen LogP contribution in [0.25, 0.3) is 17.4 Å². The van der Waals surface area contributed by atoms with Crippen LogP contribution in [-0.2, 0) is 4.79 Å². The van der Waals surface area contributed by atoms with E-state index in [-0.39, 0.29) is 11.5 Å². The van der Waals surface area contributed by atoms with Crippen LogP contribution in [0.15, 0.2) is 75.8 Å². The van der Waals surface area contributed by atoms with E-state index >= 15 is 0 Å². The van der Waals surface area contributed by atoms with E-state index in [0.29, 0.717) is 34.1 Å². The van der Waals surface area contributed by atoms with Crippen LogP contribution in [0, 0.1) is 5.82 Å². The van der Waals surface area contributed by atoms with Crippen LogP contribution in [0.1, 0.15) is 23.0 Å². The molecular formula is C22H15FN2O4. The molecule has 0 saturated carbocycles. The number of hydrogen-bond donors (Lipinski definition) is 1. The average molecular weight is 390 g/mol. The minimum absolute atomic E-state index is 0.155. The van der Waals surface area contributed by atoms with Gasteiger partial charge in [0.2, 0.25) is 0 Å². The van der Waals surface area contributed by atoms with Gasteiger partial charge in [-0.2, -0.15) is 10.1 Å². The van der Waals surface area contributed by atoms with E-state index in [4.69, 9.17) is 9.52 Å². The Balaban J connectivity index is 1.61. The molecule has 0 unspecified atom stereocenters. The number of carboxylic acid groups (broad SMARTS) is 1. The van der Waals surface area contributed by atoms with Crippen molar-refractivity contribution in [2.75, 3.05) is 5.01 Å². The number of nitrogens with zero attached hydrogens (tertiary/aromatic N) is 2. The summed E-state index contributed by atoms with van der Waals surface area (Å²) in [5.41, 5.74) is 2.10. The summed E-state index contributed by atoms with van der Waals surface area (Å²) >= 11 is 0. The number of halogens is 1. The maximum Gasteiger partial charge on any atom is 0.335 e. The molecule has 1 N–H and O–H groups in total. The van der Waals surface area contributed by atoms with E-state index < -0.39 is 11.8 Å². The monoisotopic (exact) mass is 390 g/mol. The molecule has 2 aromatic carbocycles. The molecule has 0 saturated heterocycles. The lowest BCUT2D eigenvalue weighted by Crippen LogP contribution is -2.21. The van der Waals surface area contributed by atoms with Crippen molar-refractivity contribution in [1.82, 2.24) is 0 Å². The summed E-state index contributed by atoms with van der Waals surface area (Å²) in [6, 6.07) is 15.3. The molecule has 29 heavy (non-hydrogen) atoms. The van der Waals surface area contributed by atoms with Crippen LogP contribution in [0.2, 0.25) is 0 Å². The fourth-order valence-electron chi connectivity index (χ4n) is 2.97. The molecule has 7 heteroatoms. The van der Waals surface area contributed by atoms with Crippen molar-refractivity contribution in [1.29, 1.82) is 0 Å². The third-order valence-corrected chi connectivity index (χ3v) is 4.44. The Morgan fingerprint density at radius 1 is 1.14 bits per heavy atom. The zero-order valence-electron chi connectivity index (χ0n) is 15.3. The average Bonchev–Trinajstić information content (AvgIpc) is 3.29. The Labute approximate surface area is 165 Å². The fourth-order valence-corrected chi connectivity index (χ4v) is 2.97. The predicted molar refractivity (Wildman–Crippen MR) is 106 cm³/mol. The molecule has 0 bridgehead atoms. The number of carboxylic acids is 1. The second-order valence-electron chi connectivity index (χ2n) is 6.42. The Morgan fingerprint density at radius 3 is 2.62 bits per heavy atom. The van der Waals surface area contributed by atoms with E-state index in [2.05, 4.69) is 5.10 Å². The van der Waals surface area contributed by atoms with Crippen molar-refractivity contribution in [2.24, 2.45) is 5.10 Å². The van der Waals surface area contributed by atoms with E-state index in [1.807, 2.05) is 0 Å². The SMILES string of the molecule is CC1=NN(c2ccc(F)cc2)C(=O)C1=Cc1ccc(-c2cccc(C(=O)O)c2)o1. The van der Waals surface area contributed by atoms with Crippen LogP contribution in [0.3, 0.4) is 0 Å². The maximum absolute atomic E-state index is 13.1. The first-order valence-corrected chi connectivity index (χ1v) is 8.73. The molecule has 3 aromatic rings. The lowest BCUT2D eigenvalue weighted by atomic mass is 10.1. The normalized spacial score (nSPS) is 15.1. The van der Waals surface area contributed by atoms with Gasteiger partial charge in [0.05, 0.1) is 22.5 Å². The predicted octanol–water partition coefficient (Wildman–Crippen LogP) is 4.59. The number of benzene rings is 2. The van der Waals surface area contributed by atoms with Crippen LogP contribution in [0.5, 0.6) is 0 Å². The molecule has 1 aromatic heterocycles. The van der Waals surface area contributed by atoms with Crippen LogP contribution in [-0.4, -0.2) is 22.7 Å². The first kappa shape index (κ1) is 18.4. The standard InChI is InChI=1S/C22H15FN2O4/c1-13-19(21(26)25(24-13)17-7-5-16(23)6-8-17)12-18-9-10-20(29-18)14-3-2-4-15(11-14)22(27)28/h2-12H,1H3,(H,27,28). The van der Waals surface area contributed by atoms with E-state index in [1.165, 1.54) is 41.4 Å². The number of hydrazone groups is 1. The Bertz CT molecular complexity index is 1180. The van der Waals surface area contributed by atoms with Crippen LogP contribution >= 0.6 is 0 Å². The maximum atomic E-state index is 13.1. The van der Waals surface area contributed by atoms with Gasteiger partial charge in [0.1, 0.15) is 17.3 Å². The van der Waals surface area contributed by atoms with Crippen molar-refractivity contribution in [2.45, 2.75) is 6.92 Å². The summed E-state index contributed by atoms with van der Waals surface area (Å²) in [7, 11) is 0. The summed E-state index contributed by atoms with van der Waals surface area (Å²) in [6.07, 6.45) is 1.58. The highest BCUT2D eigenvalue weighted by atomic mass is 19.1. The summed E-state index contributed by atoms with van der Waals surface area (Å²) < 4.78 is 18.9. The molecule has 1 aliphatic heterocycles. The fraction of sp³-hybridized carbons (Fsp3) is 0.0455. The Kier molecular flexibility index (Phi) is 4.56. The molecule has 0 spiro atoms. The van der Waals surface area contributed by atoms with Crippen molar-refractivity contribution in [3.63, 3.8) is 0 Å². The van der Waals surface area contributed by atoms with Gasteiger partial charge in [-0.15, -0.1) is 0 Å². The van der Waals surface area contributed by atoms with Crippen molar-refractivity contribution >= 4 is 29.4 Å². The number of hydrogen-bond acceptors (Lipinski definition) is 4. The second-order valence-corrected chi connectivity index (χ2v) is 6.42. The van der Waals surface area contributed by atoms with Gasteiger partial charge in [-0.25, -0.2) is 9.18 Å². The zero-order valence-corrected chi connectivity index (χ0v) is 15.3. The third kappa shape index (κ3) is 3.58. The van der Waals surface area contributed by atoms with E-state index in [0.717, 1.165) is 0 Å². The first-order chi connectivity index (χ1) is 13.9. The number of carbonyl (C=O) groups is 2. The third-order valence-electron chi connectivity index (χ3n) is 4.44. The van der Waals surface area contributed by atoms with E-state index in [1.54, 1.807) is 37.3 Å². The van der Waals surface area contributed by atoms with Crippen molar-refractivity contribution in [3.05, 3.63) is 83.4 Å². The molecule has 0 radical (unpaired) electrons. The molecule has 4 rings (SSSR count). The van der Waals surface area contributed by atoms with Gasteiger partial charge < -0.3 is 9.52 Å². The van der Waals surface area contributed by atoms with Crippen molar-refractivity contribution in [3.8, 4) is 11.3 Å². The largest absolute Gasteiger partial charge is 0.478 e. The highest BCUT2D eigenvalue weighted by molar-refractivity contribution is 6.32. The molecule has 0 aliphatic carbocycles. The van der Waals surface area contributed by atoms with Gasteiger partial charge in [0, 0.05) is 5.56 Å². The lowest BCUT2D eigenvalue weighted by Gasteiger charge is -2.11. The van der Waals surface area contributed by atoms with Gasteiger partial charge in [-0.05, 0) is 61.5 Å². The molecule has 1 amide bonds. The van der Waals surface area contributed by atoms with Gasteiger partial charge in [-0.1, -0.05) is 12.1 Å². The second kappa shape index (κ2) is 7.20. The molecule has 0 atom stereocenters. The molecular weight excluding hydrogens is 375 g/mol. The number of furan rings is 1. The first-order valence-electron chi connectivity index (χ1n) is 8.73. The topological polar surface area (TPSA) is 83.1 Å². The van der Waals surface area contributed by atoms with Crippen molar-refractivity contribution < 1.29 is 23.5 Å². The molecule has 6 nitrogen and oxygen atoms in total. The molecule has 1 aliphatic rings. The molecule has 144 valence electrons. The van der Waals surface area contributed by atoms with Gasteiger partial charge in [0.25, 0.3) is 5.91 Å².